The Morgan fingerprint density at radius 2 is 2.00 bits per heavy atom. The van der Waals surface area contributed by atoms with Crippen molar-refractivity contribution in [3.05, 3.63) is 29.6 Å². The van der Waals surface area contributed by atoms with E-state index in [1.54, 1.807) is 6.07 Å². The number of nitrogens with zero attached hydrogens (tertiary/aromatic N) is 2. The third kappa shape index (κ3) is 2.87. The van der Waals surface area contributed by atoms with E-state index < -0.39 is 26.3 Å². The Morgan fingerprint density at radius 3 is 2.57 bits per heavy atom. The summed E-state index contributed by atoms with van der Waals surface area (Å²) < 4.78 is 45.9. The number of hydrogen-bond acceptors (Lipinski definition) is 5. The van der Waals surface area contributed by atoms with Crippen LogP contribution >= 0.6 is 0 Å². The predicted molar refractivity (Wildman–Crippen MR) is 77.4 cm³/mol. The Morgan fingerprint density at radius 1 is 1.30 bits per heavy atom. The molecule has 8 heteroatoms. The van der Waals surface area contributed by atoms with Gasteiger partial charge in [-0.1, -0.05) is 0 Å². The Bertz CT molecular complexity index is 792. The number of Topliss-reactive ketones (excluding diaryl/α,β-unsaturated/α-hetero) is 1. The molecule has 0 aromatic heterocycles. The quantitative estimate of drug-likeness (QED) is 0.809. The second-order valence-corrected chi connectivity index (χ2v) is 7.75. The van der Waals surface area contributed by atoms with Crippen molar-refractivity contribution in [3.8, 4) is 6.07 Å². The molecule has 0 radical (unpaired) electrons. The summed E-state index contributed by atoms with van der Waals surface area (Å²) in [5, 5.41) is 8.86. The molecular weight excluding hydrogens is 323 g/mol. The van der Waals surface area contributed by atoms with Crippen molar-refractivity contribution in [3.63, 3.8) is 0 Å². The van der Waals surface area contributed by atoms with Crippen molar-refractivity contribution in [2.24, 2.45) is 0 Å². The molecule has 2 aliphatic rings. The van der Waals surface area contributed by atoms with Crippen LogP contribution in [-0.2, 0) is 19.6 Å². The number of halogens is 1. The highest BCUT2D eigenvalue weighted by Gasteiger charge is 2.44. The van der Waals surface area contributed by atoms with Gasteiger partial charge in [0.25, 0.3) is 0 Å². The van der Waals surface area contributed by atoms with Crippen LogP contribution in [0, 0.1) is 17.1 Å². The van der Waals surface area contributed by atoms with Crippen LogP contribution in [0.1, 0.15) is 24.8 Å². The molecule has 122 valence electrons. The van der Waals surface area contributed by atoms with E-state index in [0.717, 1.165) is 12.1 Å². The number of carbonyl (C=O) groups is 1. The Labute approximate surface area is 133 Å². The second-order valence-electron chi connectivity index (χ2n) is 5.85. The van der Waals surface area contributed by atoms with Crippen LogP contribution in [0.15, 0.2) is 23.1 Å². The van der Waals surface area contributed by atoms with Crippen LogP contribution in [0.3, 0.4) is 0 Å². The van der Waals surface area contributed by atoms with Crippen LogP contribution in [0.5, 0.6) is 0 Å². The Hall–Kier alpha value is -1.82. The molecule has 1 aromatic carbocycles. The van der Waals surface area contributed by atoms with Gasteiger partial charge >= 0.3 is 0 Å². The zero-order valence-electron chi connectivity index (χ0n) is 12.3. The number of sulfonamides is 1. The lowest BCUT2D eigenvalue weighted by Gasteiger charge is -2.37. The fourth-order valence-electron chi connectivity index (χ4n) is 3.06. The molecule has 1 spiro atoms. The fraction of sp³-hybridized carbons (Fsp3) is 0.467. The minimum Gasteiger partial charge on any atom is -0.367 e. The first-order valence-electron chi connectivity index (χ1n) is 7.22. The van der Waals surface area contributed by atoms with Crippen LogP contribution in [0.25, 0.3) is 0 Å². The van der Waals surface area contributed by atoms with Crippen molar-refractivity contribution < 1.29 is 22.3 Å². The summed E-state index contributed by atoms with van der Waals surface area (Å²) in [6.07, 6.45) is 1.11. The minimum atomic E-state index is -4.02. The third-order valence-corrected chi connectivity index (χ3v) is 6.28. The standard InChI is InChI=1S/C15H15FN2O4S/c16-13-2-1-11(9-17)7-14(13)23(20,21)18-5-3-15(4-6-18)8-12(19)10-22-15/h1-2,7H,3-6,8,10H2. The molecular formula is C15H15FN2O4S. The summed E-state index contributed by atoms with van der Waals surface area (Å²) in [6, 6.07) is 5.07. The van der Waals surface area contributed by atoms with Crippen LogP contribution < -0.4 is 0 Å². The zero-order valence-corrected chi connectivity index (χ0v) is 13.1. The van der Waals surface area contributed by atoms with Gasteiger partial charge in [0.1, 0.15) is 17.3 Å². The van der Waals surface area contributed by atoms with Crippen molar-refractivity contribution >= 4 is 15.8 Å². The van der Waals surface area contributed by atoms with Gasteiger partial charge in [-0.2, -0.15) is 9.57 Å². The van der Waals surface area contributed by atoms with E-state index in [1.165, 1.54) is 10.4 Å². The largest absolute Gasteiger partial charge is 0.367 e. The first-order valence-corrected chi connectivity index (χ1v) is 8.66. The van der Waals surface area contributed by atoms with Crippen LogP contribution in [-0.4, -0.2) is 43.8 Å². The van der Waals surface area contributed by atoms with Gasteiger partial charge in [0.15, 0.2) is 5.78 Å². The molecule has 0 N–H and O–H groups in total. The summed E-state index contributed by atoms with van der Waals surface area (Å²) in [6.45, 7) is 0.392. The number of rotatable bonds is 2. The van der Waals surface area contributed by atoms with E-state index in [0.29, 0.717) is 19.3 Å². The van der Waals surface area contributed by atoms with Gasteiger partial charge in [-0.05, 0) is 31.0 Å². The van der Waals surface area contributed by atoms with E-state index >= 15 is 0 Å². The molecule has 0 bridgehead atoms. The van der Waals surface area contributed by atoms with Gasteiger partial charge in [0.05, 0.1) is 17.2 Å². The molecule has 2 heterocycles. The van der Waals surface area contributed by atoms with Crippen molar-refractivity contribution in [2.75, 3.05) is 19.7 Å². The molecule has 2 aliphatic heterocycles. The molecule has 23 heavy (non-hydrogen) atoms. The summed E-state index contributed by atoms with van der Waals surface area (Å²) in [4.78, 5) is 10.9. The average Bonchev–Trinajstić information content (AvgIpc) is 2.88. The lowest BCUT2D eigenvalue weighted by Crippen LogP contribution is -2.46. The van der Waals surface area contributed by atoms with Crippen LogP contribution in [0.4, 0.5) is 4.39 Å². The molecule has 3 rings (SSSR count). The average molecular weight is 338 g/mol. The molecule has 0 amide bonds. The normalized spacial score (nSPS) is 21.5. The zero-order chi connectivity index (χ0) is 16.7. The molecule has 0 atom stereocenters. The Kier molecular flexibility index (Phi) is 3.96. The summed E-state index contributed by atoms with van der Waals surface area (Å²) in [7, 11) is -4.02. The fourth-order valence-corrected chi connectivity index (χ4v) is 4.59. The first-order chi connectivity index (χ1) is 10.9. The smallest absolute Gasteiger partial charge is 0.246 e. The molecule has 1 aromatic rings. The number of ketones is 1. The van der Waals surface area contributed by atoms with Gasteiger partial charge in [0.2, 0.25) is 10.0 Å². The second kappa shape index (κ2) is 5.67. The number of ether oxygens (including phenoxy) is 1. The maximum absolute atomic E-state index is 13.9. The number of hydrogen-bond donors (Lipinski definition) is 0. The lowest BCUT2D eigenvalue weighted by atomic mass is 9.89. The van der Waals surface area contributed by atoms with Crippen molar-refractivity contribution in [2.45, 2.75) is 29.8 Å². The van der Waals surface area contributed by atoms with Gasteiger partial charge in [-0.3, -0.25) is 4.79 Å². The van der Waals surface area contributed by atoms with E-state index in [1.807, 2.05) is 0 Å². The molecule has 6 nitrogen and oxygen atoms in total. The van der Waals surface area contributed by atoms with E-state index in [2.05, 4.69) is 0 Å². The number of carbonyl (C=O) groups excluding carboxylic acids is 1. The topological polar surface area (TPSA) is 87.5 Å². The Balaban J connectivity index is 1.82. The monoisotopic (exact) mass is 338 g/mol. The van der Waals surface area contributed by atoms with E-state index in [9.17, 15) is 17.6 Å². The molecule has 2 fully saturated rings. The van der Waals surface area contributed by atoms with Crippen LogP contribution in [0.2, 0.25) is 0 Å². The molecule has 2 saturated heterocycles. The highest BCUT2D eigenvalue weighted by atomic mass is 32.2. The maximum Gasteiger partial charge on any atom is 0.246 e. The summed E-state index contributed by atoms with van der Waals surface area (Å²) in [5.74, 6) is -0.856. The molecule has 0 saturated carbocycles. The summed E-state index contributed by atoms with van der Waals surface area (Å²) in [5.41, 5.74) is -0.487. The van der Waals surface area contributed by atoms with Crippen molar-refractivity contribution in [1.29, 1.82) is 5.26 Å². The first kappa shape index (κ1) is 16.1. The van der Waals surface area contributed by atoms with Crippen molar-refractivity contribution in [1.82, 2.24) is 4.31 Å². The molecule has 0 unspecified atom stereocenters. The number of benzene rings is 1. The van der Waals surface area contributed by atoms with E-state index in [4.69, 9.17) is 10.00 Å². The SMILES string of the molecule is N#Cc1ccc(F)c(S(=O)(=O)N2CCC3(CC2)CC(=O)CO3)c1. The maximum atomic E-state index is 13.9. The van der Waals surface area contributed by atoms with Gasteiger partial charge < -0.3 is 4.74 Å². The highest BCUT2D eigenvalue weighted by molar-refractivity contribution is 7.89. The van der Waals surface area contributed by atoms with Gasteiger partial charge in [-0.25, -0.2) is 12.8 Å². The minimum absolute atomic E-state index is 0.0223. The predicted octanol–water partition coefficient (Wildman–Crippen LogP) is 1.21. The van der Waals surface area contributed by atoms with Gasteiger partial charge in [-0.15, -0.1) is 0 Å². The summed E-state index contributed by atoms with van der Waals surface area (Å²) >= 11 is 0. The third-order valence-electron chi connectivity index (χ3n) is 4.37. The van der Waals surface area contributed by atoms with E-state index in [-0.39, 0.29) is 31.0 Å². The van der Waals surface area contributed by atoms with Gasteiger partial charge in [0, 0.05) is 19.5 Å². The number of piperidine rings is 1. The lowest BCUT2D eigenvalue weighted by molar-refractivity contribution is -0.117. The molecule has 0 aliphatic carbocycles. The number of nitriles is 1. The highest BCUT2D eigenvalue weighted by Crippen LogP contribution is 2.36.